The van der Waals surface area contributed by atoms with Gasteiger partial charge in [-0.2, -0.15) is 0 Å². The molecule has 0 heterocycles. The number of aliphatic hydroxyl groups is 3. The average molecular weight is 274 g/mol. The molecule has 0 saturated heterocycles. The lowest BCUT2D eigenvalue weighted by atomic mass is 10.1. The minimum absolute atomic E-state index is 0.184. The van der Waals surface area contributed by atoms with Crippen LogP contribution in [0, 0.1) is 0 Å². The molecule has 2 aromatic carbocycles. The Balaban J connectivity index is 2.11. The number of aliphatic hydroxyl groups excluding tert-OH is 3. The maximum Gasteiger partial charge on any atom is 0.125 e. The van der Waals surface area contributed by atoms with E-state index in [0.29, 0.717) is 23.5 Å². The van der Waals surface area contributed by atoms with E-state index in [1.165, 1.54) is 0 Å². The Morgan fingerprint density at radius 2 is 1.75 bits per heavy atom. The van der Waals surface area contributed by atoms with Gasteiger partial charge in [0.05, 0.1) is 13.2 Å². The highest BCUT2D eigenvalue weighted by atomic mass is 16.5. The summed E-state index contributed by atoms with van der Waals surface area (Å²) in [7, 11) is 0. The van der Waals surface area contributed by atoms with Gasteiger partial charge < -0.3 is 20.1 Å². The van der Waals surface area contributed by atoms with Gasteiger partial charge >= 0.3 is 0 Å². The minimum atomic E-state index is -0.941. The van der Waals surface area contributed by atoms with Crippen LogP contribution in [0.15, 0.2) is 48.5 Å². The molecule has 1 atom stereocenters. The van der Waals surface area contributed by atoms with E-state index < -0.39 is 6.10 Å². The van der Waals surface area contributed by atoms with Gasteiger partial charge in [0.2, 0.25) is 0 Å². The monoisotopic (exact) mass is 274 g/mol. The summed E-state index contributed by atoms with van der Waals surface area (Å²) in [5, 5.41) is 27.9. The zero-order chi connectivity index (χ0) is 14.4. The van der Waals surface area contributed by atoms with Crippen molar-refractivity contribution < 1.29 is 20.1 Å². The molecule has 1 unspecified atom stereocenters. The molecular weight excluding hydrogens is 256 g/mol. The fourth-order valence-corrected chi connectivity index (χ4v) is 1.91. The molecule has 4 heteroatoms. The summed E-state index contributed by atoms with van der Waals surface area (Å²) in [6, 6.07) is 14.8. The van der Waals surface area contributed by atoms with Crippen molar-refractivity contribution in [3.8, 4) is 5.75 Å². The maximum absolute atomic E-state index is 9.58. The van der Waals surface area contributed by atoms with E-state index in [1.54, 1.807) is 18.2 Å². The van der Waals surface area contributed by atoms with Gasteiger partial charge in [0.25, 0.3) is 0 Å². The van der Waals surface area contributed by atoms with Crippen LogP contribution in [0.4, 0.5) is 0 Å². The summed E-state index contributed by atoms with van der Waals surface area (Å²) in [6.07, 6.45) is -0.941. The molecule has 0 fully saturated rings. The van der Waals surface area contributed by atoms with E-state index in [9.17, 15) is 10.2 Å². The molecule has 0 aliphatic heterocycles. The van der Waals surface area contributed by atoms with Crippen LogP contribution in [-0.2, 0) is 13.2 Å². The summed E-state index contributed by atoms with van der Waals surface area (Å²) in [5.41, 5.74) is 2.19. The lowest BCUT2D eigenvalue weighted by Crippen LogP contribution is -2.05. The van der Waals surface area contributed by atoms with E-state index in [0.717, 1.165) is 5.56 Å². The first-order valence-electron chi connectivity index (χ1n) is 6.44. The molecule has 3 N–H and O–H groups in total. The molecule has 4 nitrogen and oxygen atoms in total. The highest BCUT2D eigenvalue weighted by molar-refractivity contribution is 5.38. The highest BCUT2D eigenvalue weighted by Gasteiger charge is 2.10. The number of benzene rings is 2. The fraction of sp³-hybridized carbons (Fsp3) is 0.250. The van der Waals surface area contributed by atoms with E-state index in [-0.39, 0.29) is 13.2 Å². The van der Waals surface area contributed by atoms with E-state index in [2.05, 4.69) is 0 Å². The lowest BCUT2D eigenvalue weighted by Gasteiger charge is -2.14. The first-order valence-corrected chi connectivity index (χ1v) is 6.44. The first-order chi connectivity index (χ1) is 9.74. The van der Waals surface area contributed by atoms with E-state index in [1.807, 2.05) is 30.3 Å². The second kappa shape index (κ2) is 7.05. The molecule has 0 aliphatic rings. The Morgan fingerprint density at radius 1 is 1.00 bits per heavy atom. The quantitative estimate of drug-likeness (QED) is 0.751. The van der Waals surface area contributed by atoms with Gasteiger partial charge in [-0.15, -0.1) is 0 Å². The van der Waals surface area contributed by atoms with Crippen LogP contribution in [0.2, 0.25) is 0 Å². The maximum atomic E-state index is 9.58. The summed E-state index contributed by atoms with van der Waals surface area (Å²) in [4.78, 5) is 0. The molecule has 0 amide bonds. The SMILES string of the molecule is OCc1cc(C(O)CO)ccc1OCc1ccccc1. The molecule has 0 spiro atoms. The lowest BCUT2D eigenvalue weighted by molar-refractivity contribution is 0.0953. The van der Waals surface area contributed by atoms with Gasteiger partial charge in [0, 0.05) is 5.56 Å². The van der Waals surface area contributed by atoms with Crippen molar-refractivity contribution in [3.63, 3.8) is 0 Å². The molecule has 106 valence electrons. The van der Waals surface area contributed by atoms with Gasteiger partial charge in [-0.3, -0.25) is 0 Å². The van der Waals surface area contributed by atoms with Crippen LogP contribution >= 0.6 is 0 Å². The summed E-state index contributed by atoms with van der Waals surface area (Å²) >= 11 is 0. The summed E-state index contributed by atoms with van der Waals surface area (Å²) in [5.74, 6) is 0.574. The van der Waals surface area contributed by atoms with Crippen LogP contribution in [0.5, 0.6) is 5.75 Å². The van der Waals surface area contributed by atoms with Crippen molar-refractivity contribution in [2.75, 3.05) is 6.61 Å². The van der Waals surface area contributed by atoms with E-state index >= 15 is 0 Å². The fourth-order valence-electron chi connectivity index (χ4n) is 1.91. The second-order valence-electron chi connectivity index (χ2n) is 4.50. The Hall–Kier alpha value is -1.88. The zero-order valence-corrected chi connectivity index (χ0v) is 11.1. The summed E-state index contributed by atoms with van der Waals surface area (Å²) in [6.45, 7) is -0.124. The molecular formula is C16H18O4. The molecule has 2 rings (SSSR count). The van der Waals surface area contributed by atoms with Gasteiger partial charge in [-0.25, -0.2) is 0 Å². The molecule has 0 aliphatic carbocycles. The number of rotatable bonds is 6. The predicted octanol–water partition coefficient (Wildman–Crippen LogP) is 1.78. The van der Waals surface area contributed by atoms with Gasteiger partial charge in [0.1, 0.15) is 18.5 Å². The van der Waals surface area contributed by atoms with Crippen LogP contribution in [0.3, 0.4) is 0 Å². The first kappa shape index (κ1) is 14.5. The van der Waals surface area contributed by atoms with Gasteiger partial charge in [-0.05, 0) is 23.3 Å². The van der Waals surface area contributed by atoms with Crippen molar-refractivity contribution in [3.05, 3.63) is 65.2 Å². The molecule has 20 heavy (non-hydrogen) atoms. The largest absolute Gasteiger partial charge is 0.489 e. The van der Waals surface area contributed by atoms with Gasteiger partial charge in [0.15, 0.2) is 0 Å². The third-order valence-corrected chi connectivity index (χ3v) is 3.05. The summed E-state index contributed by atoms with van der Waals surface area (Å²) < 4.78 is 5.68. The molecule has 0 radical (unpaired) electrons. The smallest absolute Gasteiger partial charge is 0.125 e. The molecule has 0 saturated carbocycles. The molecule has 2 aromatic rings. The van der Waals surface area contributed by atoms with Crippen LogP contribution in [0.25, 0.3) is 0 Å². The average Bonchev–Trinajstić information content (AvgIpc) is 2.53. The third-order valence-electron chi connectivity index (χ3n) is 3.05. The van der Waals surface area contributed by atoms with Crippen molar-refractivity contribution in [1.29, 1.82) is 0 Å². The van der Waals surface area contributed by atoms with Gasteiger partial charge in [-0.1, -0.05) is 36.4 Å². The second-order valence-corrected chi connectivity index (χ2v) is 4.50. The Labute approximate surface area is 117 Å². The van der Waals surface area contributed by atoms with Crippen molar-refractivity contribution in [2.24, 2.45) is 0 Å². The predicted molar refractivity (Wildman–Crippen MR) is 75.2 cm³/mol. The standard InChI is InChI=1S/C16H18O4/c17-9-14-8-13(15(19)10-18)6-7-16(14)20-11-12-4-2-1-3-5-12/h1-8,15,17-19H,9-11H2. The normalized spacial score (nSPS) is 12.2. The number of hydrogen-bond donors (Lipinski definition) is 3. The van der Waals surface area contributed by atoms with Crippen LogP contribution < -0.4 is 4.74 Å². The minimum Gasteiger partial charge on any atom is -0.489 e. The van der Waals surface area contributed by atoms with Crippen molar-refractivity contribution in [1.82, 2.24) is 0 Å². The Kier molecular flexibility index (Phi) is 5.12. The van der Waals surface area contributed by atoms with Crippen LogP contribution in [-0.4, -0.2) is 21.9 Å². The van der Waals surface area contributed by atoms with Crippen LogP contribution in [0.1, 0.15) is 22.8 Å². The molecule has 0 bridgehead atoms. The zero-order valence-electron chi connectivity index (χ0n) is 11.1. The third kappa shape index (κ3) is 3.57. The number of ether oxygens (including phenoxy) is 1. The van der Waals surface area contributed by atoms with E-state index in [4.69, 9.17) is 9.84 Å². The van der Waals surface area contributed by atoms with Crippen molar-refractivity contribution in [2.45, 2.75) is 19.3 Å². The molecule has 0 aromatic heterocycles. The highest BCUT2D eigenvalue weighted by Crippen LogP contribution is 2.24. The Bertz CT molecular complexity index is 539. The number of hydrogen-bond acceptors (Lipinski definition) is 4. The topological polar surface area (TPSA) is 69.9 Å². The van der Waals surface area contributed by atoms with Crippen molar-refractivity contribution >= 4 is 0 Å². The Morgan fingerprint density at radius 3 is 2.40 bits per heavy atom.